The van der Waals surface area contributed by atoms with Crippen molar-refractivity contribution in [2.24, 2.45) is 0 Å². The Kier molecular flexibility index (Phi) is 2.73. The van der Waals surface area contributed by atoms with Gasteiger partial charge in [-0.15, -0.1) is 13.2 Å². The summed E-state index contributed by atoms with van der Waals surface area (Å²) >= 11 is 0. The monoisotopic (exact) mass is 296 g/mol. The van der Waals surface area contributed by atoms with Crippen molar-refractivity contribution in [3.8, 4) is 5.75 Å². The molecule has 6 heteroatoms. The standard InChI is InChI=1S/C15H15F3N2O/c16-15(17,18)21-9-4-5-11-10(7-9)14-12-3-1-2-8(19-12)6-13(14)20-11/h4-5,7-8,12,19-20H,1-3,6H2. The fourth-order valence-corrected chi connectivity index (χ4v) is 3.66. The number of aromatic nitrogens is 1. The maximum absolute atomic E-state index is 12.4. The van der Waals surface area contributed by atoms with Gasteiger partial charge in [-0.05, 0) is 43.0 Å². The molecule has 2 unspecified atom stereocenters. The van der Waals surface area contributed by atoms with Crippen LogP contribution in [0, 0.1) is 0 Å². The van der Waals surface area contributed by atoms with Crippen LogP contribution >= 0.6 is 0 Å². The lowest BCUT2D eigenvalue weighted by Crippen LogP contribution is -2.42. The Balaban J connectivity index is 1.80. The second-order valence-corrected chi connectivity index (χ2v) is 5.82. The summed E-state index contributed by atoms with van der Waals surface area (Å²) in [7, 11) is 0. The number of hydrogen-bond acceptors (Lipinski definition) is 2. The number of fused-ring (bicyclic) bond motifs is 6. The Bertz CT molecular complexity index is 692. The average molecular weight is 296 g/mol. The van der Waals surface area contributed by atoms with E-state index in [2.05, 4.69) is 15.0 Å². The van der Waals surface area contributed by atoms with Gasteiger partial charge < -0.3 is 15.0 Å². The molecule has 2 bridgehead atoms. The van der Waals surface area contributed by atoms with E-state index in [0.29, 0.717) is 6.04 Å². The van der Waals surface area contributed by atoms with Crippen molar-refractivity contribution in [1.29, 1.82) is 0 Å². The number of aromatic amines is 1. The number of halogens is 3. The molecule has 2 aliphatic rings. The number of rotatable bonds is 1. The van der Waals surface area contributed by atoms with E-state index in [1.165, 1.54) is 12.1 Å². The Morgan fingerprint density at radius 1 is 1.19 bits per heavy atom. The lowest BCUT2D eigenvalue weighted by Gasteiger charge is -2.36. The van der Waals surface area contributed by atoms with E-state index >= 15 is 0 Å². The van der Waals surface area contributed by atoms with Gasteiger partial charge in [0.15, 0.2) is 0 Å². The van der Waals surface area contributed by atoms with Gasteiger partial charge in [0.25, 0.3) is 0 Å². The van der Waals surface area contributed by atoms with Gasteiger partial charge in [0.2, 0.25) is 0 Å². The van der Waals surface area contributed by atoms with E-state index < -0.39 is 6.36 Å². The molecule has 0 radical (unpaired) electrons. The molecule has 1 aromatic heterocycles. The predicted molar refractivity (Wildman–Crippen MR) is 72.2 cm³/mol. The summed E-state index contributed by atoms with van der Waals surface area (Å²) in [5.74, 6) is -0.158. The van der Waals surface area contributed by atoms with Crippen LogP contribution in [-0.2, 0) is 6.42 Å². The van der Waals surface area contributed by atoms with Crippen LogP contribution in [0.3, 0.4) is 0 Å². The molecular formula is C15H15F3N2O. The maximum Gasteiger partial charge on any atom is 0.573 e. The van der Waals surface area contributed by atoms with Gasteiger partial charge in [0.1, 0.15) is 5.75 Å². The van der Waals surface area contributed by atoms with Gasteiger partial charge in [0.05, 0.1) is 0 Å². The second kappa shape index (κ2) is 4.40. The zero-order valence-corrected chi connectivity index (χ0v) is 11.3. The van der Waals surface area contributed by atoms with E-state index in [-0.39, 0.29) is 11.8 Å². The third kappa shape index (κ3) is 2.27. The molecule has 3 heterocycles. The van der Waals surface area contributed by atoms with E-state index in [4.69, 9.17) is 0 Å². The van der Waals surface area contributed by atoms with Crippen molar-refractivity contribution in [1.82, 2.24) is 10.3 Å². The van der Waals surface area contributed by atoms with Gasteiger partial charge >= 0.3 is 6.36 Å². The molecule has 3 nitrogen and oxygen atoms in total. The first-order valence-electron chi connectivity index (χ1n) is 7.16. The third-order valence-corrected chi connectivity index (χ3v) is 4.41. The Hall–Kier alpha value is -1.69. The topological polar surface area (TPSA) is 37.0 Å². The molecule has 2 atom stereocenters. The molecule has 112 valence electrons. The number of piperidine rings is 1. The molecule has 2 N–H and O–H groups in total. The van der Waals surface area contributed by atoms with Crippen LogP contribution in [0.15, 0.2) is 18.2 Å². The molecule has 0 aliphatic carbocycles. The van der Waals surface area contributed by atoms with Gasteiger partial charge in [-0.2, -0.15) is 0 Å². The highest BCUT2D eigenvalue weighted by molar-refractivity contribution is 5.87. The van der Waals surface area contributed by atoms with Crippen LogP contribution in [0.4, 0.5) is 13.2 Å². The van der Waals surface area contributed by atoms with E-state index in [1.807, 2.05) is 0 Å². The van der Waals surface area contributed by atoms with Crippen molar-refractivity contribution in [2.75, 3.05) is 0 Å². The van der Waals surface area contributed by atoms with Crippen LogP contribution in [0.2, 0.25) is 0 Å². The van der Waals surface area contributed by atoms with Crippen LogP contribution in [0.25, 0.3) is 10.9 Å². The summed E-state index contributed by atoms with van der Waals surface area (Å²) in [5.41, 5.74) is 3.15. The highest BCUT2D eigenvalue weighted by atomic mass is 19.4. The van der Waals surface area contributed by atoms with Crippen LogP contribution < -0.4 is 10.1 Å². The Labute approximate surface area is 119 Å². The molecule has 2 aromatic rings. The maximum atomic E-state index is 12.4. The fraction of sp³-hybridized carbons (Fsp3) is 0.467. The zero-order chi connectivity index (χ0) is 14.6. The molecular weight excluding hydrogens is 281 g/mol. The van der Waals surface area contributed by atoms with E-state index in [1.54, 1.807) is 6.07 Å². The van der Waals surface area contributed by atoms with E-state index in [9.17, 15) is 13.2 Å². The first-order valence-corrected chi connectivity index (χ1v) is 7.16. The molecule has 0 saturated carbocycles. The molecule has 0 spiro atoms. The van der Waals surface area contributed by atoms with Crippen molar-refractivity contribution in [3.05, 3.63) is 29.5 Å². The van der Waals surface area contributed by atoms with E-state index in [0.717, 1.165) is 47.8 Å². The summed E-state index contributed by atoms with van der Waals surface area (Å²) in [5, 5.41) is 4.41. The fourth-order valence-electron chi connectivity index (χ4n) is 3.66. The van der Waals surface area contributed by atoms with Crippen molar-refractivity contribution >= 4 is 10.9 Å². The van der Waals surface area contributed by atoms with Crippen molar-refractivity contribution < 1.29 is 17.9 Å². The number of ether oxygens (including phenoxy) is 1. The highest BCUT2D eigenvalue weighted by Crippen LogP contribution is 2.40. The normalized spacial score (nSPS) is 24.9. The lowest BCUT2D eigenvalue weighted by atomic mass is 9.84. The smallest absolute Gasteiger partial charge is 0.406 e. The summed E-state index contributed by atoms with van der Waals surface area (Å²) in [4.78, 5) is 3.36. The Morgan fingerprint density at radius 2 is 2.05 bits per heavy atom. The largest absolute Gasteiger partial charge is 0.573 e. The first-order chi connectivity index (χ1) is 9.99. The molecule has 21 heavy (non-hydrogen) atoms. The molecule has 4 rings (SSSR count). The van der Waals surface area contributed by atoms with Gasteiger partial charge in [0, 0.05) is 35.1 Å². The SMILES string of the molecule is FC(F)(F)Oc1ccc2[nH]c3c(c2c1)C1CCCC(C3)N1. The number of hydrogen-bond donors (Lipinski definition) is 2. The molecule has 2 aliphatic heterocycles. The quantitative estimate of drug-likeness (QED) is 0.839. The molecule has 0 amide bonds. The number of benzene rings is 1. The molecule has 1 aromatic carbocycles. The summed E-state index contributed by atoms with van der Waals surface area (Å²) in [6.45, 7) is 0. The first kappa shape index (κ1) is 13.0. The number of alkyl halides is 3. The third-order valence-electron chi connectivity index (χ3n) is 4.41. The number of H-pyrrole nitrogens is 1. The number of nitrogens with one attached hydrogen (secondary N) is 2. The molecule has 1 fully saturated rings. The van der Waals surface area contributed by atoms with Crippen molar-refractivity contribution in [2.45, 2.75) is 44.1 Å². The minimum Gasteiger partial charge on any atom is -0.406 e. The average Bonchev–Trinajstić information content (AvgIpc) is 2.74. The minimum atomic E-state index is -4.65. The van der Waals surface area contributed by atoms with Gasteiger partial charge in [-0.1, -0.05) is 0 Å². The zero-order valence-electron chi connectivity index (χ0n) is 11.3. The summed E-state index contributed by atoms with van der Waals surface area (Å²) in [6.07, 6.45) is -0.393. The second-order valence-electron chi connectivity index (χ2n) is 5.82. The summed E-state index contributed by atoms with van der Waals surface area (Å²) < 4.78 is 41.1. The van der Waals surface area contributed by atoms with Crippen LogP contribution in [0.5, 0.6) is 5.75 Å². The minimum absolute atomic E-state index is 0.158. The Morgan fingerprint density at radius 3 is 2.86 bits per heavy atom. The predicted octanol–water partition coefficient (Wildman–Crippen LogP) is 3.81. The van der Waals surface area contributed by atoms with Gasteiger partial charge in [-0.25, -0.2) is 0 Å². The summed E-state index contributed by atoms with van der Waals surface area (Å²) in [6, 6.07) is 5.24. The van der Waals surface area contributed by atoms with Crippen LogP contribution in [0.1, 0.15) is 36.6 Å². The van der Waals surface area contributed by atoms with Gasteiger partial charge in [-0.3, -0.25) is 0 Å². The lowest BCUT2D eigenvalue weighted by molar-refractivity contribution is -0.274. The van der Waals surface area contributed by atoms with Crippen LogP contribution in [-0.4, -0.2) is 17.4 Å². The van der Waals surface area contributed by atoms with Crippen molar-refractivity contribution in [3.63, 3.8) is 0 Å². The molecule has 1 saturated heterocycles. The highest BCUT2D eigenvalue weighted by Gasteiger charge is 2.34.